The first-order valence-electron chi connectivity index (χ1n) is 11.4. The molecule has 31 heavy (non-hydrogen) atoms. The predicted octanol–water partition coefficient (Wildman–Crippen LogP) is 3.02. The summed E-state index contributed by atoms with van der Waals surface area (Å²) in [6.07, 6.45) is 6.01. The van der Waals surface area contributed by atoms with Crippen molar-refractivity contribution < 1.29 is 14.4 Å². The average Bonchev–Trinajstić information content (AvgIpc) is 2.81. The standard InChI is InChI=1S/C22H35N5O4/c1-2-23-22(25-13-12-24-20-8-3-4-9-21(20)27(28)29)26-14-10-18(11-15-26)31-17-19-7-5-6-16-30-19/h3-4,8-9,18-19,24H,2,5-7,10-17H2,1H3,(H,23,25). The van der Waals surface area contributed by atoms with E-state index in [4.69, 9.17) is 14.5 Å². The highest BCUT2D eigenvalue weighted by atomic mass is 16.6. The number of aliphatic imine (C=N–C) groups is 1. The van der Waals surface area contributed by atoms with Gasteiger partial charge in [-0.3, -0.25) is 15.1 Å². The van der Waals surface area contributed by atoms with Crippen molar-refractivity contribution in [2.75, 3.05) is 51.3 Å². The van der Waals surface area contributed by atoms with E-state index in [9.17, 15) is 10.1 Å². The fourth-order valence-corrected chi connectivity index (χ4v) is 3.98. The zero-order valence-corrected chi connectivity index (χ0v) is 18.4. The SMILES string of the molecule is CCNC(=NCCNc1ccccc1[N+](=O)[O-])N1CCC(OCC2CCCCO2)CC1. The number of ether oxygens (including phenoxy) is 2. The summed E-state index contributed by atoms with van der Waals surface area (Å²) in [5.41, 5.74) is 0.603. The van der Waals surface area contributed by atoms with Crippen molar-refractivity contribution in [3.05, 3.63) is 34.4 Å². The normalized spacial score (nSPS) is 20.5. The van der Waals surface area contributed by atoms with Crippen LogP contribution in [0.25, 0.3) is 0 Å². The quantitative estimate of drug-likeness (QED) is 0.203. The second kappa shape index (κ2) is 12.5. The molecule has 0 aromatic heterocycles. The van der Waals surface area contributed by atoms with Gasteiger partial charge < -0.3 is 25.0 Å². The number of nitrogens with one attached hydrogen (secondary N) is 2. The molecular weight excluding hydrogens is 398 g/mol. The van der Waals surface area contributed by atoms with Crippen LogP contribution in [0.5, 0.6) is 0 Å². The zero-order valence-electron chi connectivity index (χ0n) is 18.4. The first-order valence-corrected chi connectivity index (χ1v) is 11.4. The number of likely N-dealkylation sites (tertiary alicyclic amines) is 1. The van der Waals surface area contributed by atoms with E-state index in [1.54, 1.807) is 18.2 Å². The number of benzene rings is 1. The molecule has 172 valence electrons. The fraction of sp³-hybridized carbons (Fsp3) is 0.682. The van der Waals surface area contributed by atoms with Gasteiger partial charge in [0.25, 0.3) is 5.69 Å². The van der Waals surface area contributed by atoms with E-state index >= 15 is 0 Å². The number of anilines is 1. The molecule has 0 saturated carbocycles. The molecule has 0 aliphatic carbocycles. The lowest BCUT2D eigenvalue weighted by Gasteiger charge is -2.35. The summed E-state index contributed by atoms with van der Waals surface area (Å²) >= 11 is 0. The van der Waals surface area contributed by atoms with Gasteiger partial charge in [-0.15, -0.1) is 0 Å². The summed E-state index contributed by atoms with van der Waals surface area (Å²) in [4.78, 5) is 17.7. The van der Waals surface area contributed by atoms with E-state index in [1.165, 1.54) is 18.9 Å². The van der Waals surface area contributed by atoms with Gasteiger partial charge in [-0.2, -0.15) is 0 Å². The van der Waals surface area contributed by atoms with Crippen molar-refractivity contribution in [3.63, 3.8) is 0 Å². The topological polar surface area (TPSA) is 101 Å². The summed E-state index contributed by atoms with van der Waals surface area (Å²) < 4.78 is 11.9. The van der Waals surface area contributed by atoms with Gasteiger partial charge in [0.05, 0.1) is 30.3 Å². The van der Waals surface area contributed by atoms with E-state index in [2.05, 4.69) is 22.5 Å². The van der Waals surface area contributed by atoms with E-state index in [-0.39, 0.29) is 22.8 Å². The molecule has 2 N–H and O–H groups in total. The molecule has 9 nitrogen and oxygen atoms in total. The van der Waals surface area contributed by atoms with E-state index in [0.717, 1.165) is 51.5 Å². The number of nitro groups is 1. The molecule has 2 saturated heterocycles. The second-order valence-corrected chi connectivity index (χ2v) is 7.95. The van der Waals surface area contributed by atoms with Crippen molar-refractivity contribution >= 4 is 17.3 Å². The molecule has 9 heteroatoms. The highest BCUT2D eigenvalue weighted by Gasteiger charge is 2.23. The van der Waals surface area contributed by atoms with Crippen LogP contribution in [0.3, 0.4) is 0 Å². The highest BCUT2D eigenvalue weighted by Crippen LogP contribution is 2.22. The minimum absolute atomic E-state index is 0.0825. The minimum Gasteiger partial charge on any atom is -0.378 e. The van der Waals surface area contributed by atoms with Crippen LogP contribution in [0.15, 0.2) is 29.3 Å². The van der Waals surface area contributed by atoms with Crippen LogP contribution in [0.4, 0.5) is 11.4 Å². The molecule has 2 aliphatic heterocycles. The summed E-state index contributed by atoms with van der Waals surface area (Å²) in [7, 11) is 0. The van der Waals surface area contributed by atoms with Gasteiger partial charge in [0.2, 0.25) is 0 Å². The Hall–Kier alpha value is -2.39. The van der Waals surface area contributed by atoms with Crippen LogP contribution in [-0.4, -0.2) is 73.9 Å². The molecule has 2 aliphatic rings. The Morgan fingerprint density at radius 3 is 2.81 bits per heavy atom. The third-order valence-electron chi connectivity index (χ3n) is 5.66. The van der Waals surface area contributed by atoms with Gasteiger partial charge in [0.1, 0.15) is 5.69 Å². The minimum atomic E-state index is -0.373. The van der Waals surface area contributed by atoms with Crippen LogP contribution >= 0.6 is 0 Å². The summed E-state index contributed by atoms with van der Waals surface area (Å²) in [5, 5.41) is 17.6. The maximum Gasteiger partial charge on any atom is 0.292 e. The largest absolute Gasteiger partial charge is 0.378 e. The van der Waals surface area contributed by atoms with Crippen LogP contribution < -0.4 is 10.6 Å². The monoisotopic (exact) mass is 433 g/mol. The molecule has 1 unspecified atom stereocenters. The number of rotatable bonds is 9. The van der Waals surface area contributed by atoms with Gasteiger partial charge in [0.15, 0.2) is 5.96 Å². The average molecular weight is 434 g/mol. The smallest absolute Gasteiger partial charge is 0.292 e. The van der Waals surface area contributed by atoms with Gasteiger partial charge in [-0.25, -0.2) is 0 Å². The molecule has 0 spiro atoms. The lowest BCUT2D eigenvalue weighted by atomic mass is 10.1. The molecule has 1 aromatic carbocycles. The maximum absolute atomic E-state index is 11.1. The zero-order chi connectivity index (χ0) is 21.9. The third-order valence-corrected chi connectivity index (χ3v) is 5.66. The van der Waals surface area contributed by atoms with Gasteiger partial charge in [0, 0.05) is 38.9 Å². The van der Waals surface area contributed by atoms with Gasteiger partial charge in [-0.05, 0) is 45.1 Å². The van der Waals surface area contributed by atoms with Crippen LogP contribution in [0.1, 0.15) is 39.0 Å². The molecule has 2 fully saturated rings. The Labute approximate surface area is 184 Å². The van der Waals surface area contributed by atoms with Crippen molar-refractivity contribution in [2.24, 2.45) is 4.99 Å². The molecule has 3 rings (SSSR count). The first-order chi connectivity index (χ1) is 15.2. The van der Waals surface area contributed by atoms with E-state index in [0.29, 0.717) is 25.4 Å². The Morgan fingerprint density at radius 2 is 2.10 bits per heavy atom. The van der Waals surface area contributed by atoms with Crippen LogP contribution in [0.2, 0.25) is 0 Å². The number of guanidine groups is 1. The molecule has 0 bridgehead atoms. The predicted molar refractivity (Wildman–Crippen MR) is 122 cm³/mol. The second-order valence-electron chi connectivity index (χ2n) is 7.95. The number of para-hydroxylation sites is 2. The summed E-state index contributed by atoms with van der Waals surface area (Å²) in [5.74, 6) is 0.890. The summed E-state index contributed by atoms with van der Waals surface area (Å²) in [6.45, 7) is 7.29. The van der Waals surface area contributed by atoms with Gasteiger partial charge in [-0.1, -0.05) is 12.1 Å². The lowest BCUT2D eigenvalue weighted by molar-refractivity contribution is -0.384. The molecular formula is C22H35N5O4. The number of nitrogens with zero attached hydrogens (tertiary/aromatic N) is 3. The fourth-order valence-electron chi connectivity index (χ4n) is 3.98. The Balaban J connectivity index is 1.42. The Bertz CT molecular complexity index is 716. The Kier molecular flexibility index (Phi) is 9.36. The summed E-state index contributed by atoms with van der Waals surface area (Å²) in [6, 6.07) is 6.67. The van der Waals surface area contributed by atoms with Crippen LogP contribution in [0, 0.1) is 10.1 Å². The van der Waals surface area contributed by atoms with E-state index < -0.39 is 0 Å². The molecule has 2 heterocycles. The Morgan fingerprint density at radius 1 is 1.29 bits per heavy atom. The highest BCUT2D eigenvalue weighted by molar-refractivity contribution is 5.80. The van der Waals surface area contributed by atoms with E-state index in [1.807, 2.05) is 0 Å². The maximum atomic E-state index is 11.1. The third kappa shape index (κ3) is 7.36. The molecule has 1 atom stereocenters. The van der Waals surface area contributed by atoms with Crippen molar-refractivity contribution in [1.82, 2.24) is 10.2 Å². The molecule has 0 radical (unpaired) electrons. The number of piperidine rings is 1. The number of hydrogen-bond donors (Lipinski definition) is 2. The van der Waals surface area contributed by atoms with Crippen molar-refractivity contribution in [3.8, 4) is 0 Å². The number of hydrogen-bond acceptors (Lipinski definition) is 6. The lowest BCUT2D eigenvalue weighted by Crippen LogP contribution is -2.47. The number of nitro benzene ring substituents is 1. The van der Waals surface area contributed by atoms with Crippen molar-refractivity contribution in [1.29, 1.82) is 0 Å². The molecule has 0 amide bonds. The molecule has 1 aromatic rings. The first kappa shape index (κ1) is 23.3. The van der Waals surface area contributed by atoms with Crippen LogP contribution in [-0.2, 0) is 9.47 Å². The van der Waals surface area contributed by atoms with Gasteiger partial charge >= 0.3 is 0 Å². The van der Waals surface area contributed by atoms with Crippen molar-refractivity contribution in [2.45, 2.75) is 51.2 Å².